The molecule has 4 rings (SSSR count). The van der Waals surface area contributed by atoms with Gasteiger partial charge in [-0.1, -0.05) is 6.07 Å². The molecule has 0 amide bonds. The fourth-order valence-corrected chi connectivity index (χ4v) is 3.68. The van der Waals surface area contributed by atoms with Gasteiger partial charge in [-0.15, -0.1) is 0 Å². The normalized spacial score (nSPS) is 17.9. The fourth-order valence-electron chi connectivity index (χ4n) is 3.68. The molecule has 0 spiro atoms. The van der Waals surface area contributed by atoms with Crippen LogP contribution in [0.3, 0.4) is 0 Å². The number of halogens is 2. The summed E-state index contributed by atoms with van der Waals surface area (Å²) in [5, 5.41) is 0. The minimum Gasteiger partial charge on any atom is -0.441 e. The van der Waals surface area contributed by atoms with Crippen LogP contribution in [0.25, 0.3) is 11.5 Å². The largest absolute Gasteiger partial charge is 0.441 e. The third-order valence-corrected chi connectivity index (χ3v) is 5.19. The van der Waals surface area contributed by atoms with Gasteiger partial charge in [-0.2, -0.15) is 0 Å². The van der Waals surface area contributed by atoms with Crippen LogP contribution in [0, 0.1) is 30.4 Å². The molecule has 0 bridgehead atoms. The van der Waals surface area contributed by atoms with Gasteiger partial charge in [-0.3, -0.25) is 4.90 Å². The van der Waals surface area contributed by atoms with E-state index in [9.17, 15) is 8.78 Å². The Labute approximate surface area is 140 Å². The van der Waals surface area contributed by atoms with E-state index in [0.717, 1.165) is 23.6 Å². The van der Waals surface area contributed by atoms with Gasteiger partial charge in [0, 0.05) is 12.6 Å². The van der Waals surface area contributed by atoms with Gasteiger partial charge < -0.3 is 4.42 Å². The summed E-state index contributed by atoms with van der Waals surface area (Å²) >= 11 is 0. The topological polar surface area (TPSA) is 29.3 Å². The Hall–Kier alpha value is -1.75. The maximum atomic E-state index is 14.0. The Kier molecular flexibility index (Phi) is 3.91. The van der Waals surface area contributed by atoms with Gasteiger partial charge in [0.1, 0.15) is 5.76 Å². The average molecular weight is 332 g/mol. The van der Waals surface area contributed by atoms with Crippen LogP contribution in [-0.4, -0.2) is 23.0 Å². The molecule has 0 N–H and O–H groups in total. The van der Waals surface area contributed by atoms with Gasteiger partial charge in [-0.05, 0) is 63.6 Å². The fraction of sp³-hybridized carbons (Fsp3) is 0.526. The van der Waals surface area contributed by atoms with Gasteiger partial charge in [0.15, 0.2) is 11.6 Å². The molecule has 5 heteroatoms. The summed E-state index contributed by atoms with van der Waals surface area (Å²) in [6.45, 7) is 2.52. The van der Waals surface area contributed by atoms with E-state index in [4.69, 9.17) is 4.42 Å². The molecular weight excluding hydrogens is 310 g/mol. The summed E-state index contributed by atoms with van der Waals surface area (Å²) < 4.78 is 33.0. The smallest absolute Gasteiger partial charge is 0.229 e. The first-order valence-electron chi connectivity index (χ1n) is 8.65. The molecule has 128 valence electrons. The molecular formula is C19H22F2N2O. The summed E-state index contributed by atoms with van der Waals surface area (Å²) in [6, 6.07) is 4.68. The van der Waals surface area contributed by atoms with E-state index in [1.54, 1.807) is 0 Å². The molecule has 2 fully saturated rings. The zero-order valence-electron chi connectivity index (χ0n) is 14.1. The Morgan fingerprint density at radius 1 is 1.21 bits per heavy atom. The van der Waals surface area contributed by atoms with Crippen molar-refractivity contribution in [2.45, 2.75) is 45.2 Å². The summed E-state index contributed by atoms with van der Waals surface area (Å²) in [6.07, 6.45) is 5.29. The maximum absolute atomic E-state index is 14.0. The second-order valence-electron chi connectivity index (χ2n) is 7.20. The third-order valence-electron chi connectivity index (χ3n) is 5.19. The quantitative estimate of drug-likeness (QED) is 0.777. The SMILES string of the molecule is Cc1oc(-c2cccc(F)c2F)nc1CN(C)C(C1CC1)C1CC1. The average Bonchev–Trinajstić information content (AvgIpc) is 3.45. The lowest BCUT2D eigenvalue weighted by Crippen LogP contribution is -2.35. The molecule has 1 aromatic heterocycles. The number of aromatic nitrogens is 1. The van der Waals surface area contributed by atoms with Crippen LogP contribution in [0.5, 0.6) is 0 Å². The lowest BCUT2D eigenvalue weighted by atomic mass is 10.1. The Balaban J connectivity index is 1.56. The number of oxazole rings is 1. The van der Waals surface area contributed by atoms with Crippen molar-refractivity contribution in [2.24, 2.45) is 11.8 Å². The summed E-state index contributed by atoms with van der Waals surface area (Å²) in [7, 11) is 2.14. The first-order chi connectivity index (χ1) is 11.5. The monoisotopic (exact) mass is 332 g/mol. The molecule has 3 nitrogen and oxygen atoms in total. The van der Waals surface area contributed by atoms with Crippen LogP contribution in [-0.2, 0) is 6.54 Å². The van der Waals surface area contributed by atoms with Crippen LogP contribution in [0.15, 0.2) is 22.6 Å². The number of hydrogen-bond acceptors (Lipinski definition) is 3. The zero-order chi connectivity index (χ0) is 16.8. The van der Waals surface area contributed by atoms with Crippen molar-refractivity contribution in [2.75, 3.05) is 7.05 Å². The highest BCUT2D eigenvalue weighted by Crippen LogP contribution is 2.47. The van der Waals surface area contributed by atoms with Gasteiger partial charge >= 0.3 is 0 Å². The highest BCUT2D eigenvalue weighted by Gasteiger charge is 2.43. The lowest BCUT2D eigenvalue weighted by Gasteiger charge is -2.27. The minimum absolute atomic E-state index is 0.0768. The molecule has 0 atom stereocenters. The zero-order valence-corrected chi connectivity index (χ0v) is 14.1. The number of aryl methyl sites for hydroxylation is 1. The number of rotatable bonds is 6. The van der Waals surface area contributed by atoms with E-state index in [1.807, 2.05) is 6.92 Å². The van der Waals surface area contributed by atoms with Crippen LogP contribution >= 0.6 is 0 Å². The second-order valence-corrected chi connectivity index (χ2v) is 7.20. The van der Waals surface area contributed by atoms with Crippen molar-refractivity contribution in [1.82, 2.24) is 9.88 Å². The van der Waals surface area contributed by atoms with Crippen molar-refractivity contribution in [3.05, 3.63) is 41.3 Å². The van der Waals surface area contributed by atoms with Gasteiger partial charge in [0.2, 0.25) is 5.89 Å². The van der Waals surface area contributed by atoms with Gasteiger partial charge in [-0.25, -0.2) is 13.8 Å². The molecule has 2 saturated carbocycles. The third kappa shape index (κ3) is 2.97. The highest BCUT2D eigenvalue weighted by molar-refractivity contribution is 5.54. The predicted octanol–water partition coefficient (Wildman–Crippen LogP) is 4.55. The van der Waals surface area contributed by atoms with Crippen LogP contribution < -0.4 is 0 Å². The van der Waals surface area contributed by atoms with E-state index in [1.165, 1.54) is 37.8 Å². The standard InChI is InChI=1S/C19H22F2N2O/c1-11-16(10-23(2)18(12-6-7-12)13-8-9-13)22-19(24-11)14-4-3-5-15(20)17(14)21/h3-5,12-13,18H,6-10H2,1-2H3. The molecule has 24 heavy (non-hydrogen) atoms. The molecule has 2 aromatic rings. The van der Waals surface area contributed by atoms with E-state index in [-0.39, 0.29) is 11.5 Å². The van der Waals surface area contributed by atoms with E-state index in [0.29, 0.717) is 18.3 Å². The highest BCUT2D eigenvalue weighted by atomic mass is 19.2. The van der Waals surface area contributed by atoms with Crippen molar-refractivity contribution >= 4 is 0 Å². The van der Waals surface area contributed by atoms with Gasteiger partial charge in [0.25, 0.3) is 0 Å². The van der Waals surface area contributed by atoms with Crippen LogP contribution in [0.4, 0.5) is 8.78 Å². The number of nitrogens with zero attached hydrogens (tertiary/aromatic N) is 2. The Bertz CT molecular complexity index is 738. The lowest BCUT2D eigenvalue weighted by molar-refractivity contribution is 0.184. The van der Waals surface area contributed by atoms with Crippen molar-refractivity contribution in [1.29, 1.82) is 0 Å². The number of benzene rings is 1. The van der Waals surface area contributed by atoms with E-state index in [2.05, 4.69) is 16.9 Å². The second kappa shape index (κ2) is 5.96. The molecule has 2 aliphatic rings. The van der Waals surface area contributed by atoms with Crippen molar-refractivity contribution < 1.29 is 13.2 Å². The maximum Gasteiger partial charge on any atom is 0.229 e. The minimum atomic E-state index is -0.910. The van der Waals surface area contributed by atoms with Crippen LogP contribution in [0.2, 0.25) is 0 Å². The first-order valence-corrected chi connectivity index (χ1v) is 8.65. The molecule has 0 radical (unpaired) electrons. The Morgan fingerprint density at radius 3 is 2.50 bits per heavy atom. The molecule has 0 saturated heterocycles. The van der Waals surface area contributed by atoms with E-state index >= 15 is 0 Å². The number of hydrogen-bond donors (Lipinski definition) is 0. The first kappa shape index (κ1) is 15.8. The van der Waals surface area contributed by atoms with Crippen molar-refractivity contribution in [3.8, 4) is 11.5 Å². The molecule has 0 aliphatic heterocycles. The molecule has 2 aliphatic carbocycles. The molecule has 1 heterocycles. The summed E-state index contributed by atoms with van der Waals surface area (Å²) in [4.78, 5) is 6.82. The van der Waals surface area contributed by atoms with Crippen molar-refractivity contribution in [3.63, 3.8) is 0 Å². The van der Waals surface area contributed by atoms with Crippen LogP contribution in [0.1, 0.15) is 37.1 Å². The molecule has 0 unspecified atom stereocenters. The summed E-state index contributed by atoms with van der Waals surface area (Å²) in [5.74, 6) is 0.662. The summed E-state index contributed by atoms with van der Waals surface area (Å²) in [5.41, 5.74) is 0.885. The Morgan fingerprint density at radius 2 is 1.88 bits per heavy atom. The molecule has 1 aromatic carbocycles. The van der Waals surface area contributed by atoms with E-state index < -0.39 is 11.6 Å². The predicted molar refractivity (Wildman–Crippen MR) is 87.3 cm³/mol. The van der Waals surface area contributed by atoms with Gasteiger partial charge in [0.05, 0.1) is 11.3 Å².